The van der Waals surface area contributed by atoms with Crippen molar-refractivity contribution in [2.75, 3.05) is 19.6 Å². The summed E-state index contributed by atoms with van der Waals surface area (Å²) in [6, 6.07) is 56.6. The van der Waals surface area contributed by atoms with E-state index in [1.54, 1.807) is 24.3 Å². The number of aliphatic carboxylic acids is 3. The Hall–Kier alpha value is -11.9. The summed E-state index contributed by atoms with van der Waals surface area (Å²) in [6.07, 6.45) is -0.436. The lowest BCUT2D eigenvalue weighted by molar-refractivity contribution is -0.409. The SMILES string of the molecule is Cc1ccc(S(=O)(=O)[O-])cc1.NCC(=O)OCc1ccccc1.O=C(NCC(=O)OCc1ccccc1)N[C@@H](CCC(=O)OCc1ccccc1)C(=O)OCc1ccccc1.O=C(O)CC[C@H](NC(=O)NCC(=O)O)C(=O)O.[NH3+][C@@H](CCC(=O)OCc1ccccc1)C(=O)OCc1ccccc1. The Balaban J connectivity index is 0.000000361. The Morgan fingerprint density at radius 3 is 1.09 bits per heavy atom. The quantitative estimate of drug-likeness (QED) is 0.0136. The molecule has 0 bridgehead atoms. The predicted octanol–water partition coefficient (Wildman–Crippen LogP) is 5.80. The zero-order chi connectivity index (χ0) is 74.9. The molecule has 0 saturated carbocycles. The number of quaternary nitrogens is 1. The molecule has 0 aromatic heterocycles. The second-order valence-corrected chi connectivity index (χ2v) is 22.8. The van der Waals surface area contributed by atoms with Crippen LogP contribution in [0.3, 0.4) is 0 Å². The number of hydrogen-bond acceptors (Lipinski definition) is 21. The summed E-state index contributed by atoms with van der Waals surface area (Å²) in [5.41, 5.74) is 15.0. The van der Waals surface area contributed by atoms with Gasteiger partial charge in [0.15, 0.2) is 6.04 Å². The van der Waals surface area contributed by atoms with Crippen molar-refractivity contribution in [3.8, 4) is 0 Å². The summed E-state index contributed by atoms with van der Waals surface area (Å²) in [7, 11) is -4.27. The van der Waals surface area contributed by atoms with Crippen molar-refractivity contribution in [2.24, 2.45) is 5.73 Å². The molecular formula is C72H82N6O23S. The second-order valence-electron chi connectivity index (χ2n) is 21.4. The molecule has 7 aromatic carbocycles. The van der Waals surface area contributed by atoms with Crippen LogP contribution in [0, 0.1) is 6.92 Å². The normalized spacial score (nSPS) is 11.1. The summed E-state index contributed by atoms with van der Waals surface area (Å²) in [6.45, 7) is 1.63. The van der Waals surface area contributed by atoms with Crippen molar-refractivity contribution in [1.29, 1.82) is 0 Å². The topological polar surface area (TPSA) is 463 Å². The molecule has 0 radical (unpaired) electrons. The molecule has 0 aliphatic rings. The molecule has 29 nitrogen and oxygen atoms in total. The van der Waals surface area contributed by atoms with Crippen molar-refractivity contribution >= 4 is 75.9 Å². The standard InChI is InChI=1S/C29H30N2O7.C19H21NO4.C9H11NO2.C8H12N2O7.C7H8O3S/c32-26(36-19-22-10-4-1-5-11-22)17-16-25(28(34)38-21-24-14-8-3-9-15-24)31-29(35)30-18-27(33)37-20-23-12-6-2-7-13-23;20-17(19(22)24-14-16-9-5-2-6-10-16)11-12-18(21)23-13-15-7-3-1-4-8-15;10-6-9(11)12-7-8-4-2-1-3-5-8;11-5(12)2-1-4(7(15)16)10-8(17)9-3-6(13)14;1-6-2-4-7(5-3-6)11(8,9)10/h1-15,25H,16-21H2,(H2,30,31,35);1-10,17H,11-14,20H2;1-5H,6-7,10H2;4H,1-3H2,(H,11,12)(H,13,14)(H,15,16)(H2,9,10,17);2-5H,1H3,(H,8,9,10)/t25-;17-;;4-;/m00.0./s1. The van der Waals surface area contributed by atoms with Gasteiger partial charge in [-0.05, 0) is 65.3 Å². The number of benzene rings is 7. The molecule has 0 aliphatic carbocycles. The number of esters is 6. The smallest absolute Gasteiger partial charge is 0.365 e. The molecule has 30 heteroatoms. The highest BCUT2D eigenvalue weighted by atomic mass is 32.2. The van der Waals surface area contributed by atoms with E-state index in [0.29, 0.717) is 13.0 Å². The highest BCUT2D eigenvalue weighted by Crippen LogP contribution is 2.12. The monoisotopic (exact) mass is 1430 g/mol. The third-order valence-corrected chi connectivity index (χ3v) is 14.0. The lowest BCUT2D eigenvalue weighted by Crippen LogP contribution is -2.65. The maximum atomic E-state index is 12.7. The summed E-state index contributed by atoms with van der Waals surface area (Å²) >= 11 is 0. The number of aryl methyl sites for hydroxylation is 1. The van der Waals surface area contributed by atoms with E-state index in [9.17, 15) is 65.7 Å². The Kier molecular flexibility index (Phi) is 40.4. The van der Waals surface area contributed by atoms with Crippen molar-refractivity contribution in [1.82, 2.24) is 21.3 Å². The van der Waals surface area contributed by atoms with E-state index in [-0.39, 0.29) is 82.1 Å². The van der Waals surface area contributed by atoms with Gasteiger partial charge in [-0.2, -0.15) is 0 Å². The van der Waals surface area contributed by atoms with Gasteiger partial charge in [-0.25, -0.2) is 32.4 Å². The minimum absolute atomic E-state index is 0.00371. The molecule has 7 rings (SSSR count). The van der Waals surface area contributed by atoms with E-state index >= 15 is 0 Å². The number of carbonyl (C=O) groups excluding carboxylic acids is 8. The molecule has 0 heterocycles. The van der Waals surface area contributed by atoms with Gasteiger partial charge in [0, 0.05) is 19.3 Å². The van der Waals surface area contributed by atoms with Gasteiger partial charge in [-0.3, -0.25) is 28.8 Å². The van der Waals surface area contributed by atoms with E-state index in [2.05, 4.69) is 16.4 Å². The summed E-state index contributed by atoms with van der Waals surface area (Å²) in [5, 5.41) is 33.9. The minimum Gasteiger partial charge on any atom is -0.744 e. The van der Waals surface area contributed by atoms with Gasteiger partial charge < -0.3 is 81.0 Å². The third kappa shape index (κ3) is 40.1. The number of carboxylic acid groups (broad SMARTS) is 3. The molecular weight excluding hydrogens is 1350 g/mol. The van der Waals surface area contributed by atoms with Crippen LogP contribution in [0.5, 0.6) is 0 Å². The van der Waals surface area contributed by atoms with Gasteiger partial charge in [0.2, 0.25) is 0 Å². The predicted molar refractivity (Wildman–Crippen MR) is 364 cm³/mol. The van der Waals surface area contributed by atoms with Gasteiger partial charge in [-0.15, -0.1) is 0 Å². The number of carbonyl (C=O) groups is 11. The van der Waals surface area contributed by atoms with Crippen molar-refractivity contribution < 1.29 is 115 Å². The van der Waals surface area contributed by atoms with Crippen LogP contribution in [-0.4, -0.2) is 132 Å². The molecule has 7 aromatic rings. The maximum absolute atomic E-state index is 12.7. The Morgan fingerprint density at radius 2 is 0.735 bits per heavy atom. The van der Waals surface area contributed by atoms with Gasteiger partial charge in [0.25, 0.3) is 0 Å². The number of ether oxygens (including phenoxy) is 6. The fraction of sp³-hybridized carbons (Fsp3) is 0.264. The number of carboxylic acids is 3. The number of nitrogens with one attached hydrogen (secondary N) is 4. The average molecular weight is 1430 g/mol. The molecule has 0 aliphatic heterocycles. The molecule has 0 fully saturated rings. The van der Waals surface area contributed by atoms with Crippen LogP contribution in [0.4, 0.5) is 9.59 Å². The van der Waals surface area contributed by atoms with E-state index < -0.39 is 102 Å². The summed E-state index contributed by atoms with van der Waals surface area (Å²) in [4.78, 5) is 125. The second kappa shape index (κ2) is 48.8. The zero-order valence-electron chi connectivity index (χ0n) is 55.7. The van der Waals surface area contributed by atoms with Crippen LogP contribution in [0.1, 0.15) is 77.5 Å². The lowest BCUT2D eigenvalue weighted by atomic mass is 10.1. The summed E-state index contributed by atoms with van der Waals surface area (Å²) < 4.78 is 62.1. The molecule has 4 amide bonds. The van der Waals surface area contributed by atoms with Gasteiger partial charge in [0.05, 0.1) is 17.9 Å². The molecule has 102 heavy (non-hydrogen) atoms. The molecule has 3 atom stereocenters. The largest absolute Gasteiger partial charge is 0.744 e. The number of hydrogen-bond donors (Lipinski definition) is 9. The molecule has 544 valence electrons. The fourth-order valence-corrected chi connectivity index (χ4v) is 8.23. The van der Waals surface area contributed by atoms with Crippen molar-refractivity contribution in [3.05, 3.63) is 245 Å². The van der Waals surface area contributed by atoms with Crippen LogP contribution in [0.2, 0.25) is 0 Å². The number of urea groups is 2. The highest BCUT2D eigenvalue weighted by molar-refractivity contribution is 7.85. The van der Waals surface area contributed by atoms with Crippen LogP contribution in [0.25, 0.3) is 0 Å². The Labute approximate surface area is 588 Å². The summed E-state index contributed by atoms with van der Waals surface area (Å²) in [5.74, 6) is -6.88. The Morgan fingerprint density at radius 1 is 0.412 bits per heavy atom. The fourth-order valence-electron chi connectivity index (χ4n) is 7.76. The van der Waals surface area contributed by atoms with E-state index in [4.69, 9.17) is 49.5 Å². The number of nitrogens with two attached hydrogens (primary N) is 1. The lowest BCUT2D eigenvalue weighted by Gasteiger charge is -2.18. The first-order chi connectivity index (χ1) is 48.8. The first kappa shape index (κ1) is 84.4. The molecule has 0 unspecified atom stereocenters. The minimum atomic E-state index is -4.27. The van der Waals surface area contributed by atoms with Gasteiger partial charge in [0.1, 0.15) is 74.9 Å². The maximum Gasteiger partial charge on any atom is 0.365 e. The van der Waals surface area contributed by atoms with Crippen molar-refractivity contribution in [3.63, 3.8) is 0 Å². The first-order valence-corrected chi connectivity index (χ1v) is 32.7. The average Bonchev–Trinajstić information content (AvgIpc) is 0.876. The Bertz CT molecular complexity index is 3810. The number of amides is 4. The van der Waals surface area contributed by atoms with Crippen LogP contribution in [-0.2, 0) is 121 Å². The van der Waals surface area contributed by atoms with Crippen LogP contribution in [0.15, 0.2) is 211 Å². The van der Waals surface area contributed by atoms with E-state index in [1.807, 2.05) is 187 Å². The van der Waals surface area contributed by atoms with Crippen molar-refractivity contribution in [2.45, 2.75) is 108 Å². The van der Waals surface area contributed by atoms with Crippen LogP contribution < -0.4 is 32.7 Å². The molecule has 0 spiro atoms. The van der Waals surface area contributed by atoms with E-state index in [0.717, 1.165) is 38.9 Å². The zero-order valence-corrected chi connectivity index (χ0v) is 56.5. The highest BCUT2D eigenvalue weighted by Gasteiger charge is 2.26. The molecule has 12 N–H and O–H groups in total. The van der Waals surface area contributed by atoms with E-state index in [1.165, 1.54) is 12.1 Å². The number of rotatable bonds is 32. The first-order valence-electron chi connectivity index (χ1n) is 31.3. The van der Waals surface area contributed by atoms with Gasteiger partial charge in [-0.1, -0.05) is 200 Å². The third-order valence-electron chi connectivity index (χ3n) is 13.2. The van der Waals surface area contributed by atoms with Crippen LogP contribution >= 0.6 is 0 Å². The van der Waals surface area contributed by atoms with Gasteiger partial charge >= 0.3 is 65.8 Å². The molecule has 0 saturated heterocycles.